The van der Waals surface area contributed by atoms with Crippen LogP contribution in [0.15, 0.2) is 35.3 Å². The number of aliphatic imine (C=N–C) groups is 1. The Bertz CT molecular complexity index is 398. The van der Waals surface area contributed by atoms with Crippen LogP contribution in [0.25, 0.3) is 0 Å². The molecule has 1 aromatic rings. The topological polar surface area (TPSA) is 53.6 Å². The van der Waals surface area contributed by atoms with Gasteiger partial charge < -0.3 is 11.1 Å². The van der Waals surface area contributed by atoms with Gasteiger partial charge in [0.1, 0.15) is 0 Å². The minimum Gasteiger partial charge on any atom is -0.370 e. The number of hydrogen-bond acceptors (Lipinski definition) is 2. The summed E-state index contributed by atoms with van der Waals surface area (Å²) in [5.41, 5.74) is 6.84. The Morgan fingerprint density at radius 1 is 1.44 bits per heavy atom. The number of nitrogens with two attached hydrogens (primary N) is 1. The van der Waals surface area contributed by atoms with Gasteiger partial charge in [-0.2, -0.15) is 0 Å². The largest absolute Gasteiger partial charge is 0.370 e. The molecule has 1 aromatic carbocycles. The van der Waals surface area contributed by atoms with Crippen LogP contribution < -0.4 is 11.1 Å². The molecule has 0 aromatic heterocycles. The zero-order valence-electron chi connectivity index (χ0n) is 11.1. The molecule has 0 spiro atoms. The SMILES string of the molecule is CC(CN=C(N)Nc1ccccc1)N(C)C1CC1. The highest BCUT2D eigenvalue weighted by Crippen LogP contribution is 2.26. The van der Waals surface area contributed by atoms with Gasteiger partial charge in [0.25, 0.3) is 0 Å². The molecule has 1 saturated carbocycles. The highest BCUT2D eigenvalue weighted by atomic mass is 15.2. The summed E-state index contributed by atoms with van der Waals surface area (Å²) < 4.78 is 0. The monoisotopic (exact) mass is 246 g/mol. The van der Waals surface area contributed by atoms with E-state index in [4.69, 9.17) is 5.73 Å². The molecule has 0 saturated heterocycles. The number of likely N-dealkylation sites (N-methyl/N-ethyl adjacent to an activating group) is 1. The molecule has 0 radical (unpaired) electrons. The molecule has 2 rings (SSSR count). The molecule has 3 N–H and O–H groups in total. The van der Waals surface area contributed by atoms with E-state index in [1.54, 1.807) is 0 Å². The van der Waals surface area contributed by atoms with Crippen LogP contribution in [0.2, 0.25) is 0 Å². The lowest BCUT2D eigenvalue weighted by molar-refractivity contribution is 0.253. The van der Waals surface area contributed by atoms with E-state index in [1.165, 1.54) is 12.8 Å². The van der Waals surface area contributed by atoms with Gasteiger partial charge in [0.15, 0.2) is 5.96 Å². The van der Waals surface area contributed by atoms with E-state index in [0.29, 0.717) is 12.0 Å². The summed E-state index contributed by atoms with van der Waals surface area (Å²) in [6.07, 6.45) is 2.64. The molecule has 1 aliphatic carbocycles. The first-order valence-corrected chi connectivity index (χ1v) is 6.50. The van der Waals surface area contributed by atoms with E-state index in [-0.39, 0.29) is 0 Å². The van der Waals surface area contributed by atoms with E-state index in [2.05, 4.69) is 29.2 Å². The highest BCUT2D eigenvalue weighted by Gasteiger charge is 2.28. The first-order chi connectivity index (χ1) is 8.66. The van der Waals surface area contributed by atoms with Crippen molar-refractivity contribution in [3.8, 4) is 0 Å². The van der Waals surface area contributed by atoms with Gasteiger partial charge >= 0.3 is 0 Å². The van der Waals surface area contributed by atoms with E-state index in [1.807, 2.05) is 30.3 Å². The second-order valence-corrected chi connectivity index (χ2v) is 4.96. The summed E-state index contributed by atoms with van der Waals surface area (Å²) in [6, 6.07) is 11.1. The Labute approximate surface area is 109 Å². The van der Waals surface area contributed by atoms with Crippen LogP contribution in [0, 0.1) is 0 Å². The fraction of sp³-hybridized carbons (Fsp3) is 0.500. The number of rotatable bonds is 5. The summed E-state index contributed by atoms with van der Waals surface area (Å²) >= 11 is 0. The minimum absolute atomic E-state index is 0.439. The van der Waals surface area contributed by atoms with Gasteiger partial charge in [-0.05, 0) is 38.9 Å². The molecule has 18 heavy (non-hydrogen) atoms. The first kappa shape index (κ1) is 12.9. The molecule has 1 atom stereocenters. The van der Waals surface area contributed by atoms with Crippen LogP contribution in [-0.4, -0.2) is 36.5 Å². The van der Waals surface area contributed by atoms with Gasteiger partial charge in [0.05, 0.1) is 6.54 Å². The van der Waals surface area contributed by atoms with Gasteiger partial charge in [-0.25, -0.2) is 0 Å². The molecule has 4 nitrogen and oxygen atoms in total. The van der Waals surface area contributed by atoms with Crippen LogP contribution in [0.4, 0.5) is 5.69 Å². The Morgan fingerprint density at radius 2 is 2.11 bits per heavy atom. The standard InChI is InChI=1S/C14H22N4/c1-11(18(2)13-8-9-13)10-16-14(15)17-12-6-4-3-5-7-12/h3-7,11,13H,8-10H2,1-2H3,(H3,15,16,17). The van der Waals surface area contributed by atoms with Crippen molar-refractivity contribution in [2.75, 3.05) is 18.9 Å². The molecule has 98 valence electrons. The Balaban J connectivity index is 1.81. The predicted octanol–water partition coefficient (Wildman–Crippen LogP) is 1.90. The first-order valence-electron chi connectivity index (χ1n) is 6.50. The zero-order valence-corrected chi connectivity index (χ0v) is 11.1. The zero-order chi connectivity index (χ0) is 13.0. The third kappa shape index (κ3) is 3.74. The second-order valence-electron chi connectivity index (χ2n) is 4.96. The maximum atomic E-state index is 5.87. The van der Waals surface area contributed by atoms with Crippen LogP contribution in [0.1, 0.15) is 19.8 Å². The molecule has 0 heterocycles. The van der Waals surface area contributed by atoms with Crippen molar-refractivity contribution in [1.29, 1.82) is 0 Å². The lowest BCUT2D eigenvalue weighted by Gasteiger charge is -2.22. The van der Waals surface area contributed by atoms with E-state index < -0.39 is 0 Å². The Hall–Kier alpha value is -1.55. The molecule has 1 unspecified atom stereocenters. The van der Waals surface area contributed by atoms with Gasteiger partial charge in [-0.3, -0.25) is 9.89 Å². The second kappa shape index (κ2) is 5.87. The van der Waals surface area contributed by atoms with Gasteiger partial charge in [0, 0.05) is 17.8 Å². The van der Waals surface area contributed by atoms with Crippen molar-refractivity contribution in [1.82, 2.24) is 4.90 Å². The fourth-order valence-electron chi connectivity index (χ4n) is 1.91. The number of para-hydroxylation sites is 1. The van der Waals surface area contributed by atoms with Gasteiger partial charge in [0.2, 0.25) is 0 Å². The summed E-state index contributed by atoms with van der Waals surface area (Å²) in [5.74, 6) is 0.484. The third-order valence-corrected chi connectivity index (χ3v) is 3.39. The van der Waals surface area contributed by atoms with E-state index >= 15 is 0 Å². The predicted molar refractivity (Wildman–Crippen MR) is 76.8 cm³/mol. The fourth-order valence-corrected chi connectivity index (χ4v) is 1.91. The number of benzene rings is 1. The van der Waals surface area contributed by atoms with Crippen molar-refractivity contribution in [3.05, 3.63) is 30.3 Å². The average Bonchev–Trinajstić information content (AvgIpc) is 3.20. The molecule has 4 heteroatoms. The van der Waals surface area contributed by atoms with Crippen LogP contribution in [0.3, 0.4) is 0 Å². The quantitative estimate of drug-likeness (QED) is 0.616. The van der Waals surface area contributed by atoms with Crippen molar-refractivity contribution >= 4 is 11.6 Å². The number of anilines is 1. The Kier molecular flexibility index (Phi) is 4.20. The van der Waals surface area contributed by atoms with E-state index in [0.717, 1.165) is 18.3 Å². The molecular weight excluding hydrogens is 224 g/mol. The van der Waals surface area contributed by atoms with Crippen molar-refractivity contribution in [2.45, 2.75) is 31.8 Å². The van der Waals surface area contributed by atoms with Gasteiger partial charge in [-0.1, -0.05) is 18.2 Å². The molecule has 1 aliphatic rings. The normalized spacial score (nSPS) is 17.8. The molecule has 1 fully saturated rings. The number of nitrogens with zero attached hydrogens (tertiary/aromatic N) is 2. The highest BCUT2D eigenvalue weighted by molar-refractivity contribution is 5.92. The number of nitrogens with one attached hydrogen (secondary N) is 1. The van der Waals surface area contributed by atoms with Gasteiger partial charge in [-0.15, -0.1) is 0 Å². The molecular formula is C14H22N4. The molecule has 0 aliphatic heterocycles. The lowest BCUT2D eigenvalue weighted by Crippen LogP contribution is -2.34. The van der Waals surface area contributed by atoms with Crippen LogP contribution >= 0.6 is 0 Å². The summed E-state index contributed by atoms with van der Waals surface area (Å²) in [4.78, 5) is 6.78. The lowest BCUT2D eigenvalue weighted by atomic mass is 10.3. The minimum atomic E-state index is 0.439. The average molecular weight is 246 g/mol. The smallest absolute Gasteiger partial charge is 0.193 e. The van der Waals surface area contributed by atoms with Crippen LogP contribution in [0.5, 0.6) is 0 Å². The number of guanidine groups is 1. The summed E-state index contributed by atoms with van der Waals surface area (Å²) in [6.45, 7) is 2.93. The van der Waals surface area contributed by atoms with Crippen molar-refractivity contribution in [2.24, 2.45) is 10.7 Å². The molecule has 0 bridgehead atoms. The summed E-state index contributed by atoms with van der Waals surface area (Å²) in [5, 5.41) is 3.09. The number of hydrogen-bond donors (Lipinski definition) is 2. The third-order valence-electron chi connectivity index (χ3n) is 3.39. The molecule has 0 amide bonds. The van der Waals surface area contributed by atoms with Crippen molar-refractivity contribution < 1.29 is 0 Å². The summed E-state index contributed by atoms with van der Waals surface area (Å²) in [7, 11) is 2.17. The van der Waals surface area contributed by atoms with E-state index in [9.17, 15) is 0 Å². The maximum absolute atomic E-state index is 5.87. The Morgan fingerprint density at radius 3 is 2.72 bits per heavy atom. The van der Waals surface area contributed by atoms with Crippen LogP contribution in [-0.2, 0) is 0 Å². The van der Waals surface area contributed by atoms with Crippen molar-refractivity contribution in [3.63, 3.8) is 0 Å². The maximum Gasteiger partial charge on any atom is 0.193 e.